The number of rotatable bonds is 9. The van der Waals surface area contributed by atoms with Gasteiger partial charge in [0.05, 0.1) is 29.9 Å². The number of urea groups is 2. The molecule has 5 rings (SSSR count). The number of carboxylic acid groups (broad SMARTS) is 1. The van der Waals surface area contributed by atoms with Gasteiger partial charge in [0.15, 0.2) is 5.75 Å². The lowest BCUT2D eigenvalue weighted by Gasteiger charge is -2.34. The van der Waals surface area contributed by atoms with E-state index in [0.29, 0.717) is 49.1 Å². The van der Waals surface area contributed by atoms with Crippen molar-refractivity contribution in [2.75, 3.05) is 55.8 Å². The first-order chi connectivity index (χ1) is 23.4. The van der Waals surface area contributed by atoms with Crippen molar-refractivity contribution in [3.8, 4) is 17.2 Å². The van der Waals surface area contributed by atoms with E-state index in [2.05, 4.69) is 31.2 Å². The zero-order valence-corrected chi connectivity index (χ0v) is 28.4. The van der Waals surface area contributed by atoms with Crippen molar-refractivity contribution in [3.05, 3.63) is 78.1 Å². The van der Waals surface area contributed by atoms with E-state index >= 15 is 0 Å². The van der Waals surface area contributed by atoms with Crippen LogP contribution in [0.1, 0.15) is 39.0 Å². The van der Waals surface area contributed by atoms with Crippen LogP contribution >= 0.6 is 0 Å². The van der Waals surface area contributed by atoms with E-state index in [1.54, 1.807) is 36.5 Å². The predicted molar refractivity (Wildman–Crippen MR) is 190 cm³/mol. The summed E-state index contributed by atoms with van der Waals surface area (Å²) < 4.78 is 11.9. The number of nitrogens with one attached hydrogen (secondary N) is 4. The molecule has 0 radical (unpaired) electrons. The molecule has 3 aromatic carbocycles. The van der Waals surface area contributed by atoms with Gasteiger partial charge in [0, 0.05) is 62.3 Å². The Hall–Kier alpha value is -5.56. The van der Waals surface area contributed by atoms with Crippen LogP contribution in [0.15, 0.2) is 66.9 Å². The molecule has 1 saturated heterocycles. The molecule has 1 fully saturated rings. The van der Waals surface area contributed by atoms with Crippen LogP contribution in [0, 0.1) is 0 Å². The third-order valence-corrected chi connectivity index (χ3v) is 8.17. The number of hydrogen-bond acceptors (Lipinski definition) is 7. The highest BCUT2D eigenvalue weighted by Gasteiger charge is 2.23. The number of benzene rings is 3. The van der Waals surface area contributed by atoms with Crippen molar-refractivity contribution in [2.24, 2.45) is 0 Å². The summed E-state index contributed by atoms with van der Waals surface area (Å²) >= 11 is 0. The molecule has 258 valence electrons. The van der Waals surface area contributed by atoms with Gasteiger partial charge in [-0.2, -0.15) is 0 Å². The second-order valence-corrected chi connectivity index (χ2v) is 12.7. The lowest BCUT2D eigenvalue weighted by atomic mass is 9.86. The minimum atomic E-state index is -1.25. The number of aromatic nitrogens is 1. The van der Waals surface area contributed by atoms with E-state index in [0.717, 1.165) is 35.1 Å². The maximum atomic E-state index is 13.4. The van der Waals surface area contributed by atoms with E-state index in [1.165, 1.54) is 7.11 Å². The number of fused-ring (bicyclic) bond motifs is 1. The van der Waals surface area contributed by atoms with Crippen LogP contribution in [-0.2, 0) is 12.0 Å². The van der Waals surface area contributed by atoms with Gasteiger partial charge in [0.1, 0.15) is 11.5 Å². The number of hydrogen-bond donors (Lipinski definition) is 5. The summed E-state index contributed by atoms with van der Waals surface area (Å²) in [5, 5.41) is 21.9. The van der Waals surface area contributed by atoms with E-state index in [-0.39, 0.29) is 22.9 Å². The standard InChI is InChI=1S/C36H43N7O6/c1-6-37-34(45)43-17-15-42(16-18-43)22-24-21-25(13-14-38-24)49-31-12-11-28(26-9-7-8-10-27(26)31)39-33(44)40-29-19-23(36(2,3)4)20-30(32(29)48-5)41-35(46)47/h7-14,19-21,41H,6,15-18,22H2,1-5H3,(H,37,45)(H,46,47)(H2,39,40,44). The quantitative estimate of drug-likeness (QED) is 0.129. The molecule has 13 heteroatoms. The van der Waals surface area contributed by atoms with Crippen LogP contribution in [0.3, 0.4) is 0 Å². The van der Waals surface area contributed by atoms with E-state index in [9.17, 15) is 19.5 Å². The number of methoxy groups -OCH3 is 1. The van der Waals surface area contributed by atoms with Gasteiger partial charge in [-0.3, -0.25) is 15.2 Å². The second kappa shape index (κ2) is 15.1. The molecule has 4 aromatic rings. The van der Waals surface area contributed by atoms with Gasteiger partial charge in [-0.05, 0) is 48.2 Å². The Morgan fingerprint density at radius 3 is 2.20 bits per heavy atom. The first kappa shape index (κ1) is 34.8. The van der Waals surface area contributed by atoms with Crippen molar-refractivity contribution in [3.63, 3.8) is 0 Å². The molecule has 5 N–H and O–H groups in total. The third-order valence-electron chi connectivity index (χ3n) is 8.17. The minimum Gasteiger partial charge on any atom is -0.492 e. The third kappa shape index (κ3) is 8.68. The van der Waals surface area contributed by atoms with Crippen LogP contribution in [0.4, 0.5) is 31.4 Å². The smallest absolute Gasteiger partial charge is 0.409 e. The SMILES string of the molecule is CCNC(=O)N1CCN(Cc2cc(Oc3ccc(NC(=O)Nc4cc(C(C)(C)C)cc(NC(=O)O)c4OC)c4ccccc34)ccn2)CC1. The van der Waals surface area contributed by atoms with Crippen LogP contribution in [0.25, 0.3) is 10.8 Å². The van der Waals surface area contributed by atoms with Gasteiger partial charge in [0.2, 0.25) is 0 Å². The average molecular weight is 670 g/mol. The number of nitrogens with zero attached hydrogens (tertiary/aromatic N) is 3. The Morgan fingerprint density at radius 1 is 0.878 bits per heavy atom. The zero-order valence-electron chi connectivity index (χ0n) is 28.4. The van der Waals surface area contributed by atoms with E-state index in [1.807, 2.05) is 62.9 Å². The van der Waals surface area contributed by atoms with Crippen molar-refractivity contribution in [1.29, 1.82) is 0 Å². The molecular formula is C36H43N7O6. The summed E-state index contributed by atoms with van der Waals surface area (Å²) in [6.45, 7) is 12.0. The van der Waals surface area contributed by atoms with Gasteiger partial charge in [0.25, 0.3) is 0 Å². The summed E-state index contributed by atoms with van der Waals surface area (Å²) in [6.07, 6.45) is 0.475. The number of amides is 5. The molecule has 0 unspecified atom stereocenters. The van der Waals surface area contributed by atoms with Crippen LogP contribution in [-0.4, -0.2) is 77.9 Å². The fourth-order valence-corrected chi connectivity index (χ4v) is 5.66. The molecule has 13 nitrogen and oxygen atoms in total. The molecule has 2 heterocycles. The van der Waals surface area contributed by atoms with Crippen molar-refractivity contribution >= 4 is 46.0 Å². The lowest BCUT2D eigenvalue weighted by molar-refractivity contribution is 0.135. The number of carbonyl (C=O) groups excluding carboxylic acids is 2. The summed E-state index contributed by atoms with van der Waals surface area (Å²) in [4.78, 5) is 45.6. The average Bonchev–Trinajstić information content (AvgIpc) is 3.06. The molecule has 0 saturated carbocycles. The number of piperazine rings is 1. The summed E-state index contributed by atoms with van der Waals surface area (Å²) in [5.41, 5.74) is 2.42. The number of pyridine rings is 1. The molecule has 0 atom stereocenters. The summed E-state index contributed by atoms with van der Waals surface area (Å²) in [5.74, 6) is 1.43. The van der Waals surface area contributed by atoms with Crippen LogP contribution < -0.4 is 30.7 Å². The number of anilines is 3. The fourth-order valence-electron chi connectivity index (χ4n) is 5.66. The lowest BCUT2D eigenvalue weighted by Crippen LogP contribution is -2.51. The Bertz CT molecular complexity index is 1830. The number of carbonyl (C=O) groups is 3. The maximum Gasteiger partial charge on any atom is 0.409 e. The topological polar surface area (TPSA) is 157 Å². The molecule has 49 heavy (non-hydrogen) atoms. The highest BCUT2D eigenvalue weighted by Crippen LogP contribution is 2.39. The van der Waals surface area contributed by atoms with Crippen molar-refractivity contribution in [2.45, 2.75) is 39.7 Å². The molecular weight excluding hydrogens is 626 g/mol. The Morgan fingerprint density at radius 2 is 1.55 bits per heavy atom. The van der Waals surface area contributed by atoms with Crippen LogP contribution in [0.5, 0.6) is 17.2 Å². The first-order valence-corrected chi connectivity index (χ1v) is 16.1. The number of ether oxygens (including phenoxy) is 2. The Kier molecular flexibility index (Phi) is 10.7. The highest BCUT2D eigenvalue weighted by molar-refractivity contribution is 6.08. The molecule has 5 amide bonds. The molecule has 0 spiro atoms. The highest BCUT2D eigenvalue weighted by atomic mass is 16.5. The second-order valence-electron chi connectivity index (χ2n) is 12.7. The maximum absolute atomic E-state index is 13.4. The predicted octanol–water partition coefficient (Wildman–Crippen LogP) is 6.91. The Labute approximate surface area is 285 Å². The fraction of sp³-hybridized carbons (Fsp3) is 0.333. The Balaban J connectivity index is 1.31. The zero-order chi connectivity index (χ0) is 35.1. The van der Waals surface area contributed by atoms with Gasteiger partial charge in [-0.1, -0.05) is 45.0 Å². The molecule has 0 aliphatic carbocycles. The summed E-state index contributed by atoms with van der Waals surface area (Å²) in [7, 11) is 1.41. The van der Waals surface area contributed by atoms with Gasteiger partial charge in [-0.15, -0.1) is 0 Å². The largest absolute Gasteiger partial charge is 0.492 e. The minimum absolute atomic E-state index is 0.0278. The molecule has 1 aromatic heterocycles. The monoisotopic (exact) mass is 669 g/mol. The molecule has 0 bridgehead atoms. The van der Waals surface area contributed by atoms with Gasteiger partial charge >= 0.3 is 18.2 Å². The van der Waals surface area contributed by atoms with E-state index < -0.39 is 12.1 Å². The van der Waals surface area contributed by atoms with Crippen LogP contribution in [0.2, 0.25) is 0 Å². The van der Waals surface area contributed by atoms with Gasteiger partial charge < -0.3 is 35.4 Å². The van der Waals surface area contributed by atoms with E-state index in [4.69, 9.17) is 9.47 Å². The van der Waals surface area contributed by atoms with Crippen molar-refractivity contribution in [1.82, 2.24) is 20.1 Å². The van der Waals surface area contributed by atoms with Crippen molar-refractivity contribution < 1.29 is 29.0 Å². The normalized spacial score (nSPS) is 13.4. The summed E-state index contributed by atoms with van der Waals surface area (Å²) in [6, 6.07) is 17.8. The molecule has 1 aliphatic rings. The molecule has 1 aliphatic heterocycles. The first-order valence-electron chi connectivity index (χ1n) is 16.1. The van der Waals surface area contributed by atoms with Gasteiger partial charge in [-0.25, -0.2) is 14.4 Å².